The Hall–Kier alpha value is -0.870. The van der Waals surface area contributed by atoms with E-state index >= 15 is 0 Å². The number of carbonyl (C=O) groups excluding carboxylic acids is 1. The summed E-state index contributed by atoms with van der Waals surface area (Å²) in [7, 11) is 0. The quantitative estimate of drug-likeness (QED) is 0.689. The van der Waals surface area contributed by atoms with E-state index in [2.05, 4.69) is 15.9 Å². The molecule has 0 aromatic heterocycles. The molecule has 0 saturated carbocycles. The van der Waals surface area contributed by atoms with E-state index < -0.39 is 0 Å². The minimum Gasteiger partial charge on any atom is -0.399 e. The zero-order valence-corrected chi connectivity index (χ0v) is 11.2. The van der Waals surface area contributed by atoms with Gasteiger partial charge in [-0.05, 0) is 37.0 Å². The van der Waals surface area contributed by atoms with Gasteiger partial charge in [0.2, 0.25) is 0 Å². The third-order valence-corrected chi connectivity index (χ3v) is 3.80. The summed E-state index contributed by atoms with van der Waals surface area (Å²) in [5, 5.41) is 0. The molecule has 0 bridgehead atoms. The Bertz CT molecular complexity index is 414. The van der Waals surface area contributed by atoms with Crippen LogP contribution in [0.15, 0.2) is 22.7 Å². The van der Waals surface area contributed by atoms with Crippen molar-refractivity contribution in [3.63, 3.8) is 0 Å². The molecule has 0 amide bonds. The van der Waals surface area contributed by atoms with E-state index in [1.54, 1.807) is 12.1 Å². The van der Waals surface area contributed by atoms with Crippen molar-refractivity contribution in [1.82, 2.24) is 0 Å². The van der Waals surface area contributed by atoms with Crippen molar-refractivity contribution in [2.75, 3.05) is 18.9 Å². The Morgan fingerprint density at radius 3 is 2.82 bits per heavy atom. The topological polar surface area (TPSA) is 52.3 Å². The molecular formula is C13H16BrNO2. The molecule has 1 aromatic rings. The molecule has 0 radical (unpaired) electrons. The van der Waals surface area contributed by atoms with Gasteiger partial charge in [-0.25, -0.2) is 0 Å². The predicted molar refractivity (Wildman–Crippen MR) is 71.0 cm³/mol. The van der Waals surface area contributed by atoms with Crippen LogP contribution in [-0.2, 0) is 4.74 Å². The zero-order valence-electron chi connectivity index (χ0n) is 9.62. The summed E-state index contributed by atoms with van der Waals surface area (Å²) in [5.74, 6) is 0.612. The van der Waals surface area contributed by atoms with Crippen LogP contribution < -0.4 is 5.73 Å². The first-order valence-corrected chi connectivity index (χ1v) is 6.62. The number of ketones is 1. The molecule has 2 N–H and O–H groups in total. The van der Waals surface area contributed by atoms with Crippen LogP contribution in [0.3, 0.4) is 0 Å². The lowest BCUT2D eigenvalue weighted by Gasteiger charge is -2.21. The predicted octanol–water partition coefficient (Wildman–Crippen LogP) is 3.03. The maximum absolute atomic E-state index is 12.2. The Morgan fingerprint density at radius 1 is 1.41 bits per heavy atom. The van der Waals surface area contributed by atoms with Gasteiger partial charge in [-0.2, -0.15) is 0 Å². The van der Waals surface area contributed by atoms with E-state index in [4.69, 9.17) is 10.5 Å². The highest BCUT2D eigenvalue weighted by molar-refractivity contribution is 9.10. The first kappa shape index (κ1) is 12.6. The molecule has 17 heavy (non-hydrogen) atoms. The zero-order chi connectivity index (χ0) is 12.3. The lowest BCUT2D eigenvalue weighted by atomic mass is 9.92. The van der Waals surface area contributed by atoms with Gasteiger partial charge in [0.25, 0.3) is 0 Å². The van der Waals surface area contributed by atoms with Gasteiger partial charge in [0.1, 0.15) is 0 Å². The second-order valence-electron chi connectivity index (χ2n) is 4.42. The van der Waals surface area contributed by atoms with E-state index in [0.29, 0.717) is 23.6 Å². The summed E-state index contributed by atoms with van der Waals surface area (Å²) in [6, 6.07) is 5.35. The Morgan fingerprint density at radius 2 is 2.12 bits per heavy atom. The number of carbonyl (C=O) groups is 1. The molecule has 3 nitrogen and oxygen atoms in total. The molecule has 0 atom stereocenters. The maximum atomic E-state index is 12.2. The van der Waals surface area contributed by atoms with Gasteiger partial charge in [-0.1, -0.05) is 15.9 Å². The lowest BCUT2D eigenvalue weighted by molar-refractivity contribution is 0.0601. The first-order chi connectivity index (χ1) is 8.16. The number of hydrogen-bond donors (Lipinski definition) is 1. The third kappa shape index (κ3) is 3.30. The molecule has 1 fully saturated rings. The Balaban J connectivity index is 2.05. The molecule has 2 rings (SSSR count). The van der Waals surface area contributed by atoms with E-state index in [-0.39, 0.29) is 5.78 Å². The van der Waals surface area contributed by atoms with Gasteiger partial charge in [0, 0.05) is 35.4 Å². The Kier molecular flexibility index (Phi) is 4.18. The van der Waals surface area contributed by atoms with Crippen LogP contribution in [0.1, 0.15) is 29.6 Å². The minimum atomic E-state index is 0.163. The number of benzene rings is 1. The second kappa shape index (κ2) is 5.65. The van der Waals surface area contributed by atoms with Crippen molar-refractivity contribution >= 4 is 27.4 Å². The summed E-state index contributed by atoms with van der Waals surface area (Å²) in [6.45, 7) is 1.55. The number of ether oxygens (including phenoxy) is 1. The van der Waals surface area contributed by atoms with E-state index in [9.17, 15) is 4.79 Å². The fourth-order valence-corrected chi connectivity index (χ4v) is 2.55. The number of halogens is 1. The van der Waals surface area contributed by atoms with Crippen LogP contribution in [0.25, 0.3) is 0 Å². The van der Waals surface area contributed by atoms with Crippen LogP contribution in [-0.4, -0.2) is 19.0 Å². The summed E-state index contributed by atoms with van der Waals surface area (Å²) in [6.07, 6.45) is 2.54. The molecule has 1 saturated heterocycles. The molecule has 4 heteroatoms. The van der Waals surface area contributed by atoms with Crippen LogP contribution in [0.5, 0.6) is 0 Å². The van der Waals surface area contributed by atoms with Gasteiger partial charge in [-0.3, -0.25) is 4.79 Å². The summed E-state index contributed by atoms with van der Waals surface area (Å²) in [5.41, 5.74) is 7.02. The fraction of sp³-hybridized carbons (Fsp3) is 0.462. The minimum absolute atomic E-state index is 0.163. The van der Waals surface area contributed by atoms with Crippen molar-refractivity contribution < 1.29 is 9.53 Å². The molecule has 1 aliphatic rings. The lowest BCUT2D eigenvalue weighted by Crippen LogP contribution is -2.19. The summed E-state index contributed by atoms with van der Waals surface area (Å²) in [4.78, 5) is 12.2. The van der Waals surface area contributed by atoms with Gasteiger partial charge in [-0.15, -0.1) is 0 Å². The van der Waals surface area contributed by atoms with Crippen molar-refractivity contribution in [2.45, 2.75) is 19.3 Å². The smallest absolute Gasteiger partial charge is 0.164 e. The molecule has 0 unspecified atom stereocenters. The van der Waals surface area contributed by atoms with Crippen LogP contribution in [0, 0.1) is 5.92 Å². The van der Waals surface area contributed by atoms with Crippen molar-refractivity contribution in [2.24, 2.45) is 5.92 Å². The molecule has 0 spiro atoms. The number of anilines is 1. The van der Waals surface area contributed by atoms with E-state index in [1.807, 2.05) is 6.07 Å². The van der Waals surface area contributed by atoms with Crippen molar-refractivity contribution in [1.29, 1.82) is 0 Å². The highest BCUT2D eigenvalue weighted by Crippen LogP contribution is 2.25. The number of nitrogen functional groups attached to an aromatic ring is 1. The van der Waals surface area contributed by atoms with Gasteiger partial charge in [0.05, 0.1) is 0 Å². The first-order valence-electron chi connectivity index (χ1n) is 5.83. The normalized spacial score (nSPS) is 17.0. The molecule has 0 aliphatic carbocycles. The molecule has 1 heterocycles. The van der Waals surface area contributed by atoms with Crippen LogP contribution >= 0.6 is 15.9 Å². The monoisotopic (exact) mass is 297 g/mol. The van der Waals surface area contributed by atoms with Crippen molar-refractivity contribution in [3.8, 4) is 0 Å². The van der Waals surface area contributed by atoms with E-state index in [1.165, 1.54) is 0 Å². The average molecular weight is 298 g/mol. The SMILES string of the molecule is Nc1ccc(Br)c(C(=O)CC2CCOCC2)c1. The Labute approximate surface area is 109 Å². The summed E-state index contributed by atoms with van der Waals surface area (Å²) >= 11 is 3.39. The molecule has 1 aromatic carbocycles. The molecular weight excluding hydrogens is 282 g/mol. The number of rotatable bonds is 3. The number of nitrogens with two attached hydrogens (primary N) is 1. The van der Waals surface area contributed by atoms with E-state index in [0.717, 1.165) is 30.5 Å². The van der Waals surface area contributed by atoms with Crippen LogP contribution in [0.2, 0.25) is 0 Å². The van der Waals surface area contributed by atoms with Gasteiger partial charge in [0.15, 0.2) is 5.78 Å². The molecule has 1 aliphatic heterocycles. The summed E-state index contributed by atoms with van der Waals surface area (Å²) < 4.78 is 6.11. The standard InChI is InChI=1S/C13H16BrNO2/c14-12-2-1-10(15)8-11(12)13(16)7-9-3-5-17-6-4-9/h1-2,8-9H,3-7,15H2. The second-order valence-corrected chi connectivity index (χ2v) is 5.28. The average Bonchev–Trinajstić information content (AvgIpc) is 2.33. The number of Topliss-reactive ketones (excluding diaryl/α,β-unsaturated/α-hetero) is 1. The van der Waals surface area contributed by atoms with Crippen molar-refractivity contribution in [3.05, 3.63) is 28.2 Å². The third-order valence-electron chi connectivity index (χ3n) is 3.11. The number of hydrogen-bond acceptors (Lipinski definition) is 3. The molecule has 92 valence electrons. The van der Waals surface area contributed by atoms with Gasteiger partial charge < -0.3 is 10.5 Å². The fourth-order valence-electron chi connectivity index (χ4n) is 2.08. The maximum Gasteiger partial charge on any atom is 0.164 e. The highest BCUT2D eigenvalue weighted by atomic mass is 79.9. The largest absolute Gasteiger partial charge is 0.399 e. The van der Waals surface area contributed by atoms with Crippen LogP contribution in [0.4, 0.5) is 5.69 Å². The highest BCUT2D eigenvalue weighted by Gasteiger charge is 2.19. The van der Waals surface area contributed by atoms with Gasteiger partial charge >= 0.3 is 0 Å².